The van der Waals surface area contributed by atoms with Crippen molar-refractivity contribution in [1.29, 1.82) is 0 Å². The number of rotatable bonds is 3. The highest BCUT2D eigenvalue weighted by Crippen LogP contribution is 2.59. The number of hydrogen-bond donors (Lipinski definition) is 0. The first-order valence-electron chi connectivity index (χ1n) is 14.5. The topological polar surface area (TPSA) is 3.24 Å². The van der Waals surface area contributed by atoms with Gasteiger partial charge < -0.3 is 4.90 Å². The Morgan fingerprint density at radius 2 is 1.31 bits per heavy atom. The predicted molar refractivity (Wildman–Crippen MR) is 172 cm³/mol. The molecule has 0 radical (unpaired) electrons. The van der Waals surface area contributed by atoms with Crippen molar-refractivity contribution in [1.82, 2.24) is 0 Å². The van der Waals surface area contributed by atoms with Gasteiger partial charge >= 0.3 is 0 Å². The van der Waals surface area contributed by atoms with E-state index in [-0.39, 0.29) is 17.7 Å². The molecule has 0 aromatic heterocycles. The van der Waals surface area contributed by atoms with Crippen LogP contribution in [0.2, 0.25) is 0 Å². The Kier molecular flexibility index (Phi) is 4.97. The molecule has 0 amide bonds. The third kappa shape index (κ3) is 3.30. The summed E-state index contributed by atoms with van der Waals surface area (Å²) in [5.41, 5.74) is 13.7. The van der Waals surface area contributed by atoms with Crippen LogP contribution in [-0.4, -0.2) is 0 Å². The Labute approximate surface area is 244 Å². The van der Waals surface area contributed by atoms with Gasteiger partial charge in [0.15, 0.2) is 0 Å². The Morgan fingerprint density at radius 3 is 2.24 bits per heavy atom. The molecule has 2 unspecified atom stereocenters. The minimum atomic E-state index is -0.238. The molecule has 0 N–H and O–H groups in total. The summed E-state index contributed by atoms with van der Waals surface area (Å²) in [5.74, 6) is 0.195. The first-order chi connectivity index (χ1) is 20.8. The lowest BCUT2D eigenvalue weighted by Crippen LogP contribution is -2.16. The van der Waals surface area contributed by atoms with Crippen molar-refractivity contribution in [2.45, 2.75) is 11.8 Å². The summed E-state index contributed by atoms with van der Waals surface area (Å²) < 4.78 is 14.1. The van der Waals surface area contributed by atoms with Crippen molar-refractivity contribution in [3.8, 4) is 22.3 Å². The lowest BCUT2D eigenvalue weighted by Gasteiger charge is -2.33. The standard InChI is InChI=1S/C40H26FN/c41-26-18-20-27(21-19-26)42(38-17-5-9-25-8-1-2-10-29(25)38)28-22-23-31-34-14-7-15-35-36-16-6-13-33(40(36)37(31)24-28)30-11-3-4-12-32(30)39(34)35/h1-24,33,40H. The molecule has 0 heterocycles. The Balaban J connectivity index is 1.33. The second kappa shape index (κ2) is 8.89. The highest BCUT2D eigenvalue weighted by Gasteiger charge is 2.40. The van der Waals surface area contributed by atoms with Gasteiger partial charge in [0.25, 0.3) is 0 Å². The SMILES string of the molecule is Fc1ccc(N(c2ccc3c(c2)C2C4=CC=CC2c2ccccc2-c2c4cccc2-3)c2cccc3ccccc23)cc1. The maximum Gasteiger partial charge on any atom is 0.123 e. The van der Waals surface area contributed by atoms with Gasteiger partial charge in [-0.1, -0.05) is 103 Å². The number of anilines is 3. The summed E-state index contributed by atoms with van der Waals surface area (Å²) in [5, 5.41) is 2.33. The van der Waals surface area contributed by atoms with Gasteiger partial charge in [0.1, 0.15) is 5.82 Å². The summed E-state index contributed by atoms with van der Waals surface area (Å²) in [4.78, 5) is 2.28. The molecule has 0 aliphatic heterocycles. The molecule has 6 aromatic carbocycles. The lowest BCUT2D eigenvalue weighted by atomic mass is 9.72. The molecule has 3 aliphatic rings. The molecule has 0 saturated heterocycles. The number of nitrogens with zero attached hydrogens (tertiary/aromatic N) is 1. The zero-order valence-electron chi connectivity index (χ0n) is 22.8. The molecule has 6 bridgehead atoms. The largest absolute Gasteiger partial charge is 0.310 e. The van der Waals surface area contributed by atoms with Crippen molar-refractivity contribution in [2.75, 3.05) is 4.90 Å². The first-order valence-corrected chi connectivity index (χ1v) is 14.5. The Morgan fingerprint density at radius 1 is 0.571 bits per heavy atom. The van der Waals surface area contributed by atoms with Gasteiger partial charge in [0, 0.05) is 28.6 Å². The molecule has 42 heavy (non-hydrogen) atoms. The number of benzene rings is 6. The van der Waals surface area contributed by atoms with Crippen LogP contribution >= 0.6 is 0 Å². The minimum Gasteiger partial charge on any atom is -0.310 e. The third-order valence-electron chi connectivity index (χ3n) is 9.26. The van der Waals surface area contributed by atoms with E-state index >= 15 is 0 Å². The molecule has 2 heteroatoms. The summed E-state index contributed by atoms with van der Waals surface area (Å²) in [6.07, 6.45) is 6.94. The first kappa shape index (κ1) is 23.5. The van der Waals surface area contributed by atoms with Crippen LogP contribution in [0, 0.1) is 5.82 Å². The highest BCUT2D eigenvalue weighted by atomic mass is 19.1. The van der Waals surface area contributed by atoms with Crippen LogP contribution in [-0.2, 0) is 0 Å². The summed E-state index contributed by atoms with van der Waals surface area (Å²) in [7, 11) is 0. The van der Waals surface area contributed by atoms with Crippen molar-refractivity contribution >= 4 is 33.4 Å². The van der Waals surface area contributed by atoms with E-state index in [1.807, 2.05) is 12.1 Å². The third-order valence-corrected chi connectivity index (χ3v) is 9.26. The van der Waals surface area contributed by atoms with Crippen molar-refractivity contribution in [3.63, 3.8) is 0 Å². The molecule has 1 nitrogen and oxygen atoms in total. The van der Waals surface area contributed by atoms with E-state index in [1.165, 1.54) is 49.9 Å². The van der Waals surface area contributed by atoms with E-state index in [4.69, 9.17) is 0 Å². The molecule has 0 fully saturated rings. The number of hydrogen-bond acceptors (Lipinski definition) is 1. The zero-order valence-corrected chi connectivity index (χ0v) is 22.8. The number of halogens is 1. The van der Waals surface area contributed by atoms with E-state index in [0.717, 1.165) is 22.4 Å². The fourth-order valence-electron chi connectivity index (χ4n) is 7.52. The molecular weight excluding hydrogens is 513 g/mol. The molecule has 9 rings (SSSR count). The molecule has 0 saturated carbocycles. The molecule has 6 aromatic rings. The van der Waals surface area contributed by atoms with Crippen LogP contribution in [0.25, 0.3) is 38.6 Å². The Hall–Kier alpha value is -5.21. The van der Waals surface area contributed by atoms with Crippen molar-refractivity contribution in [2.24, 2.45) is 0 Å². The maximum atomic E-state index is 14.1. The smallest absolute Gasteiger partial charge is 0.123 e. The molecule has 198 valence electrons. The maximum absolute atomic E-state index is 14.1. The van der Waals surface area contributed by atoms with Crippen molar-refractivity contribution in [3.05, 3.63) is 168 Å². The molecule has 3 aliphatic carbocycles. The summed E-state index contributed by atoms with van der Waals surface area (Å²) in [6, 6.07) is 44.4. The van der Waals surface area contributed by atoms with Gasteiger partial charge in [0.05, 0.1) is 5.69 Å². The van der Waals surface area contributed by atoms with Crippen LogP contribution in [0.4, 0.5) is 21.5 Å². The van der Waals surface area contributed by atoms with Crippen LogP contribution in [0.15, 0.2) is 146 Å². The normalized spacial score (nSPS) is 17.2. The Bertz CT molecular complexity index is 2110. The fourth-order valence-corrected chi connectivity index (χ4v) is 7.52. The average molecular weight is 540 g/mol. The second-order valence-electron chi connectivity index (χ2n) is 11.4. The van der Waals surface area contributed by atoms with Gasteiger partial charge in [-0.3, -0.25) is 0 Å². The van der Waals surface area contributed by atoms with E-state index in [1.54, 1.807) is 12.1 Å². The van der Waals surface area contributed by atoms with Gasteiger partial charge in [0.2, 0.25) is 0 Å². The van der Waals surface area contributed by atoms with Crippen LogP contribution in [0.1, 0.15) is 28.5 Å². The summed E-state index contributed by atoms with van der Waals surface area (Å²) in [6.45, 7) is 0. The predicted octanol–water partition coefficient (Wildman–Crippen LogP) is 10.9. The van der Waals surface area contributed by atoms with E-state index < -0.39 is 0 Å². The van der Waals surface area contributed by atoms with Crippen LogP contribution < -0.4 is 4.90 Å². The van der Waals surface area contributed by atoms with Crippen LogP contribution in [0.3, 0.4) is 0 Å². The fraction of sp³-hybridized carbons (Fsp3) is 0.0500. The van der Waals surface area contributed by atoms with E-state index in [0.29, 0.717) is 0 Å². The van der Waals surface area contributed by atoms with Gasteiger partial charge in [-0.2, -0.15) is 0 Å². The highest BCUT2D eigenvalue weighted by molar-refractivity contribution is 6.03. The second-order valence-corrected chi connectivity index (χ2v) is 11.4. The number of fused-ring (bicyclic) bond motifs is 5. The summed E-state index contributed by atoms with van der Waals surface area (Å²) >= 11 is 0. The molecular formula is C40H26FN. The van der Waals surface area contributed by atoms with Crippen LogP contribution in [0.5, 0.6) is 0 Å². The van der Waals surface area contributed by atoms with Gasteiger partial charge in [-0.05, 0) is 92.4 Å². The molecule has 2 atom stereocenters. The van der Waals surface area contributed by atoms with Gasteiger partial charge in [-0.25, -0.2) is 4.39 Å². The minimum absolute atomic E-state index is 0.190. The zero-order chi connectivity index (χ0) is 27.8. The lowest BCUT2D eigenvalue weighted by molar-refractivity contribution is 0.628. The van der Waals surface area contributed by atoms with Crippen molar-refractivity contribution < 1.29 is 4.39 Å². The monoisotopic (exact) mass is 539 g/mol. The van der Waals surface area contributed by atoms with Gasteiger partial charge in [-0.15, -0.1) is 0 Å². The number of allylic oxidation sites excluding steroid dienone is 4. The van der Waals surface area contributed by atoms with E-state index in [2.05, 4.69) is 126 Å². The van der Waals surface area contributed by atoms with E-state index in [9.17, 15) is 4.39 Å². The quantitative estimate of drug-likeness (QED) is 0.216. The average Bonchev–Trinajstić information content (AvgIpc) is 3.15. The molecule has 0 spiro atoms.